The van der Waals surface area contributed by atoms with Crippen molar-refractivity contribution in [2.75, 3.05) is 5.32 Å². The Morgan fingerprint density at radius 2 is 2.29 bits per heavy atom. The molecule has 2 unspecified atom stereocenters. The summed E-state index contributed by atoms with van der Waals surface area (Å²) in [6.45, 7) is 2.15. The average Bonchev–Trinajstić information content (AvgIpc) is 2.98. The molecule has 2 atom stereocenters. The Bertz CT molecular complexity index is 616. The first-order valence-electron chi connectivity index (χ1n) is 7.68. The molecule has 3 rings (SSSR count). The molecule has 0 spiro atoms. The van der Waals surface area contributed by atoms with Gasteiger partial charge in [-0.1, -0.05) is 19.8 Å². The van der Waals surface area contributed by atoms with E-state index in [-0.39, 0.29) is 5.91 Å². The quantitative estimate of drug-likeness (QED) is 0.881. The maximum Gasteiger partial charge on any atom is 0.245 e. The number of rotatable bonds is 2. The van der Waals surface area contributed by atoms with Crippen molar-refractivity contribution < 1.29 is 4.79 Å². The highest BCUT2D eigenvalue weighted by atomic mass is 32.1. The number of anilines is 1. The smallest absolute Gasteiger partial charge is 0.245 e. The highest BCUT2D eigenvalue weighted by molar-refractivity contribution is 7.16. The molecule has 1 fully saturated rings. The topological polar surface area (TPSA) is 78.9 Å². The molecule has 112 valence electrons. The Hall–Kier alpha value is -1.38. The number of nitrogens with one attached hydrogen (secondary N) is 1. The van der Waals surface area contributed by atoms with E-state index in [4.69, 9.17) is 5.73 Å². The van der Waals surface area contributed by atoms with Crippen molar-refractivity contribution in [3.8, 4) is 6.07 Å². The van der Waals surface area contributed by atoms with Crippen molar-refractivity contribution in [1.82, 2.24) is 0 Å². The summed E-state index contributed by atoms with van der Waals surface area (Å²) < 4.78 is 0. The minimum absolute atomic E-state index is 0.120. The van der Waals surface area contributed by atoms with E-state index in [1.165, 1.54) is 4.88 Å². The molecule has 0 bridgehead atoms. The fourth-order valence-corrected chi connectivity index (χ4v) is 4.87. The number of nitrogens with zero attached hydrogens (tertiary/aromatic N) is 1. The molecule has 1 amide bonds. The van der Waals surface area contributed by atoms with Crippen LogP contribution in [-0.4, -0.2) is 11.4 Å². The molecule has 0 saturated heterocycles. The van der Waals surface area contributed by atoms with E-state index in [0.29, 0.717) is 16.5 Å². The number of fused-ring (bicyclic) bond motifs is 1. The number of aryl methyl sites for hydroxylation is 1. The second kappa shape index (κ2) is 5.43. The second-order valence-corrected chi connectivity index (χ2v) is 7.59. The van der Waals surface area contributed by atoms with E-state index in [2.05, 4.69) is 18.3 Å². The molecular weight excluding hydrogens is 282 g/mol. The Balaban J connectivity index is 1.81. The average molecular weight is 303 g/mol. The minimum Gasteiger partial charge on any atom is -0.317 e. The fraction of sp³-hybridized carbons (Fsp3) is 0.625. The Morgan fingerprint density at radius 3 is 3.00 bits per heavy atom. The zero-order valence-corrected chi connectivity index (χ0v) is 13.2. The first-order valence-corrected chi connectivity index (χ1v) is 8.50. The third-order valence-corrected chi connectivity index (χ3v) is 5.95. The first kappa shape index (κ1) is 14.6. The SMILES string of the molecule is CC1CCCC(N)(C(=O)Nc2sc3c(c2C#N)CCC3)C1. The largest absolute Gasteiger partial charge is 0.317 e. The van der Waals surface area contributed by atoms with Gasteiger partial charge in [0.2, 0.25) is 5.91 Å². The number of carbonyl (C=O) groups is 1. The van der Waals surface area contributed by atoms with Gasteiger partial charge in [0, 0.05) is 4.88 Å². The van der Waals surface area contributed by atoms with Gasteiger partial charge in [0.25, 0.3) is 0 Å². The number of hydrogen-bond donors (Lipinski definition) is 2. The highest BCUT2D eigenvalue weighted by Crippen LogP contribution is 2.39. The van der Waals surface area contributed by atoms with Crippen molar-refractivity contribution >= 4 is 22.2 Å². The lowest BCUT2D eigenvalue weighted by Crippen LogP contribution is -2.53. The number of nitriles is 1. The van der Waals surface area contributed by atoms with Gasteiger partial charge >= 0.3 is 0 Å². The molecule has 5 heteroatoms. The van der Waals surface area contributed by atoms with Crippen LogP contribution >= 0.6 is 11.3 Å². The van der Waals surface area contributed by atoms with Crippen LogP contribution in [0, 0.1) is 17.2 Å². The monoisotopic (exact) mass is 303 g/mol. The lowest BCUT2D eigenvalue weighted by Gasteiger charge is -2.35. The van der Waals surface area contributed by atoms with Crippen molar-refractivity contribution in [1.29, 1.82) is 5.26 Å². The normalized spacial score (nSPS) is 28.0. The Morgan fingerprint density at radius 1 is 1.48 bits per heavy atom. The van der Waals surface area contributed by atoms with Crippen LogP contribution in [0.3, 0.4) is 0 Å². The van der Waals surface area contributed by atoms with Crippen LogP contribution in [0.5, 0.6) is 0 Å². The van der Waals surface area contributed by atoms with Crippen molar-refractivity contribution in [2.24, 2.45) is 11.7 Å². The maximum atomic E-state index is 12.6. The summed E-state index contributed by atoms with van der Waals surface area (Å²) in [7, 11) is 0. The van der Waals surface area contributed by atoms with Crippen LogP contribution in [0.25, 0.3) is 0 Å². The molecule has 0 aromatic carbocycles. The van der Waals surface area contributed by atoms with Gasteiger partial charge in [-0.2, -0.15) is 5.26 Å². The number of amides is 1. The van der Waals surface area contributed by atoms with E-state index in [1.54, 1.807) is 11.3 Å². The van der Waals surface area contributed by atoms with Gasteiger partial charge in [-0.15, -0.1) is 11.3 Å². The van der Waals surface area contributed by atoms with Gasteiger partial charge in [0.1, 0.15) is 11.1 Å². The zero-order valence-electron chi connectivity index (χ0n) is 12.4. The van der Waals surface area contributed by atoms with Gasteiger partial charge < -0.3 is 11.1 Å². The molecule has 1 aromatic heterocycles. The van der Waals surface area contributed by atoms with Crippen molar-refractivity contribution in [3.63, 3.8) is 0 Å². The summed E-state index contributed by atoms with van der Waals surface area (Å²) >= 11 is 1.56. The molecule has 0 aliphatic heterocycles. The summed E-state index contributed by atoms with van der Waals surface area (Å²) in [5.74, 6) is 0.365. The predicted octanol–water partition coefficient (Wildman–Crippen LogP) is 2.95. The van der Waals surface area contributed by atoms with Crippen LogP contribution in [-0.2, 0) is 17.6 Å². The Labute approximate surface area is 129 Å². The first-order chi connectivity index (χ1) is 10.0. The molecule has 2 aliphatic rings. The van der Waals surface area contributed by atoms with Gasteiger partial charge in [-0.25, -0.2) is 0 Å². The zero-order chi connectivity index (χ0) is 15.0. The molecular formula is C16H21N3OS. The minimum atomic E-state index is -0.779. The van der Waals surface area contributed by atoms with Gasteiger partial charge in [-0.05, 0) is 43.6 Å². The van der Waals surface area contributed by atoms with E-state index in [9.17, 15) is 10.1 Å². The summed E-state index contributed by atoms with van der Waals surface area (Å²) in [5.41, 5.74) is 7.35. The van der Waals surface area contributed by atoms with Gasteiger partial charge in [0.15, 0.2) is 0 Å². The summed E-state index contributed by atoms with van der Waals surface area (Å²) in [5, 5.41) is 13.0. The Kier molecular flexibility index (Phi) is 3.76. The van der Waals surface area contributed by atoms with Crippen LogP contribution in [0.1, 0.15) is 55.0 Å². The van der Waals surface area contributed by atoms with E-state index in [0.717, 1.165) is 50.5 Å². The van der Waals surface area contributed by atoms with E-state index >= 15 is 0 Å². The third-order valence-electron chi connectivity index (χ3n) is 4.74. The van der Waals surface area contributed by atoms with Gasteiger partial charge in [0.05, 0.1) is 11.1 Å². The lowest BCUT2D eigenvalue weighted by molar-refractivity contribution is -0.122. The number of hydrogen-bond acceptors (Lipinski definition) is 4. The second-order valence-electron chi connectivity index (χ2n) is 6.49. The standard InChI is InChI=1S/C16H21N3OS/c1-10-4-3-7-16(18,8-10)15(20)19-14-12(9-17)11-5-2-6-13(11)21-14/h10H,2-8,18H2,1H3,(H,19,20). The highest BCUT2D eigenvalue weighted by Gasteiger charge is 2.38. The number of carbonyl (C=O) groups excluding carboxylic acids is 1. The molecule has 1 saturated carbocycles. The summed E-state index contributed by atoms with van der Waals surface area (Å²) in [6.07, 6.45) is 6.69. The fourth-order valence-electron chi connectivity index (χ4n) is 3.64. The molecule has 21 heavy (non-hydrogen) atoms. The van der Waals surface area contributed by atoms with Gasteiger partial charge in [-0.3, -0.25) is 4.79 Å². The van der Waals surface area contributed by atoms with Crippen LogP contribution in [0.2, 0.25) is 0 Å². The lowest BCUT2D eigenvalue weighted by atomic mass is 9.76. The molecule has 1 heterocycles. The number of thiophene rings is 1. The molecule has 3 N–H and O–H groups in total. The van der Waals surface area contributed by atoms with Crippen molar-refractivity contribution in [2.45, 2.75) is 57.4 Å². The van der Waals surface area contributed by atoms with Crippen LogP contribution < -0.4 is 11.1 Å². The molecule has 1 aromatic rings. The summed E-state index contributed by atoms with van der Waals surface area (Å²) in [6, 6.07) is 2.26. The molecule has 4 nitrogen and oxygen atoms in total. The maximum absolute atomic E-state index is 12.6. The van der Waals surface area contributed by atoms with Crippen LogP contribution in [0.15, 0.2) is 0 Å². The predicted molar refractivity (Wildman–Crippen MR) is 84.2 cm³/mol. The van der Waals surface area contributed by atoms with Crippen molar-refractivity contribution in [3.05, 3.63) is 16.0 Å². The molecule has 0 radical (unpaired) electrons. The van der Waals surface area contributed by atoms with E-state index in [1.807, 2.05) is 0 Å². The number of nitrogens with two attached hydrogens (primary N) is 1. The van der Waals surface area contributed by atoms with E-state index < -0.39 is 5.54 Å². The summed E-state index contributed by atoms with van der Waals surface area (Å²) in [4.78, 5) is 13.8. The van der Waals surface area contributed by atoms with Crippen LogP contribution in [0.4, 0.5) is 5.00 Å². The molecule has 2 aliphatic carbocycles. The third kappa shape index (κ3) is 2.58.